The van der Waals surface area contributed by atoms with Crippen LogP contribution in [0.3, 0.4) is 0 Å². The molecule has 0 N–H and O–H groups in total. The van der Waals surface area contributed by atoms with Gasteiger partial charge >= 0.3 is 0 Å². The lowest BCUT2D eigenvalue weighted by atomic mass is 10.1. The number of aryl methyl sites for hydroxylation is 1. The van der Waals surface area contributed by atoms with Crippen molar-refractivity contribution in [2.24, 2.45) is 0 Å². The van der Waals surface area contributed by atoms with Crippen LogP contribution in [0.1, 0.15) is 47.6 Å². The second-order valence-corrected chi connectivity index (χ2v) is 8.03. The highest BCUT2D eigenvalue weighted by Crippen LogP contribution is 2.37. The van der Waals surface area contributed by atoms with Crippen LogP contribution in [0.5, 0.6) is 0 Å². The second-order valence-electron chi connectivity index (χ2n) is 6.72. The molecule has 1 fully saturated rings. The van der Waals surface area contributed by atoms with Crippen molar-refractivity contribution in [2.45, 2.75) is 50.1 Å². The van der Waals surface area contributed by atoms with E-state index in [1.807, 2.05) is 49.7 Å². The van der Waals surface area contributed by atoms with Crippen molar-refractivity contribution in [1.29, 1.82) is 0 Å². The Labute approximate surface area is 156 Å². The summed E-state index contributed by atoms with van der Waals surface area (Å²) in [6.45, 7) is 5.95. The minimum atomic E-state index is -0.247. The van der Waals surface area contributed by atoms with Crippen molar-refractivity contribution in [3.8, 4) is 5.69 Å². The van der Waals surface area contributed by atoms with Gasteiger partial charge in [0.15, 0.2) is 5.78 Å². The van der Waals surface area contributed by atoms with Gasteiger partial charge in [0, 0.05) is 22.6 Å². The van der Waals surface area contributed by atoms with Crippen molar-refractivity contribution < 1.29 is 4.79 Å². The Morgan fingerprint density at radius 1 is 1.23 bits per heavy atom. The number of hydrogen-bond donors (Lipinski definition) is 0. The van der Waals surface area contributed by atoms with E-state index >= 15 is 0 Å². The van der Waals surface area contributed by atoms with Gasteiger partial charge in [-0.05, 0) is 62.2 Å². The van der Waals surface area contributed by atoms with Gasteiger partial charge in [-0.25, -0.2) is 4.68 Å². The van der Waals surface area contributed by atoms with Gasteiger partial charge in [-0.15, -0.1) is 5.10 Å². The molecule has 1 saturated carbocycles. The molecule has 3 aromatic rings. The number of carbonyl (C=O) groups is 1. The molecule has 2 aromatic heterocycles. The zero-order chi connectivity index (χ0) is 18.3. The topological polar surface area (TPSA) is 65.6 Å². The molecule has 1 aliphatic carbocycles. The Morgan fingerprint density at radius 3 is 2.65 bits per heavy atom. The molecule has 0 spiro atoms. The molecule has 1 atom stereocenters. The third-order valence-electron chi connectivity index (χ3n) is 4.72. The predicted octanol–water partition coefficient (Wildman–Crippen LogP) is 3.78. The highest BCUT2D eigenvalue weighted by Gasteiger charge is 2.30. The first-order valence-corrected chi connectivity index (χ1v) is 9.67. The maximum absolute atomic E-state index is 13.1. The molecule has 134 valence electrons. The van der Waals surface area contributed by atoms with Gasteiger partial charge in [0.05, 0.1) is 11.3 Å². The van der Waals surface area contributed by atoms with Crippen molar-refractivity contribution in [3.63, 3.8) is 0 Å². The van der Waals surface area contributed by atoms with Gasteiger partial charge in [-0.1, -0.05) is 30.0 Å². The fourth-order valence-corrected chi connectivity index (χ4v) is 4.16. The first kappa shape index (κ1) is 17.0. The molecular formula is C19H21N5OS. The van der Waals surface area contributed by atoms with E-state index in [4.69, 9.17) is 0 Å². The first-order valence-electron chi connectivity index (χ1n) is 8.79. The number of nitrogens with zero attached hydrogens (tertiary/aromatic N) is 5. The lowest BCUT2D eigenvalue weighted by Gasteiger charge is -2.12. The first-order chi connectivity index (χ1) is 12.6. The number of tetrazole rings is 1. The Hall–Kier alpha value is -2.41. The van der Waals surface area contributed by atoms with E-state index in [1.165, 1.54) is 11.8 Å². The maximum Gasteiger partial charge on any atom is 0.210 e. The minimum Gasteiger partial charge on any atom is -0.318 e. The molecule has 0 aliphatic heterocycles. The third kappa shape index (κ3) is 3.07. The average molecular weight is 367 g/mol. The average Bonchev–Trinajstić information content (AvgIpc) is 3.31. The summed E-state index contributed by atoms with van der Waals surface area (Å²) in [6, 6.07) is 12.5. The van der Waals surface area contributed by atoms with Crippen LogP contribution in [0.2, 0.25) is 0 Å². The van der Waals surface area contributed by atoms with Crippen molar-refractivity contribution >= 4 is 17.5 Å². The van der Waals surface area contributed by atoms with E-state index in [0.717, 1.165) is 40.6 Å². The van der Waals surface area contributed by atoms with Crippen LogP contribution < -0.4 is 0 Å². The molecule has 4 rings (SSSR count). The minimum absolute atomic E-state index is 0.107. The zero-order valence-electron chi connectivity index (χ0n) is 15.1. The van der Waals surface area contributed by atoms with Crippen molar-refractivity contribution in [2.75, 3.05) is 0 Å². The Morgan fingerprint density at radius 2 is 1.96 bits per heavy atom. The Kier molecular flexibility index (Phi) is 4.40. The van der Waals surface area contributed by atoms with E-state index in [1.54, 1.807) is 0 Å². The normalized spacial score (nSPS) is 15.2. The number of thioether (sulfide) groups is 1. The standard InChI is InChI=1S/C19H21N5OS/c1-12-11-17(13(2)23(12)15-7-5-4-6-8-15)18(25)14(3)26-19-20-21-22-24(19)16-9-10-16/h4-8,11,14,16H,9-10H2,1-3H3. The summed E-state index contributed by atoms with van der Waals surface area (Å²) in [4.78, 5) is 13.1. The zero-order valence-corrected chi connectivity index (χ0v) is 15.9. The monoisotopic (exact) mass is 367 g/mol. The number of Topliss-reactive ketones (excluding diaryl/α,β-unsaturated/α-hetero) is 1. The fraction of sp³-hybridized carbons (Fsp3) is 0.368. The molecule has 7 heteroatoms. The SMILES string of the molecule is Cc1cc(C(=O)C(C)Sc2nnnn2C2CC2)c(C)n1-c1ccccc1. The van der Waals surface area contributed by atoms with E-state index < -0.39 is 0 Å². The van der Waals surface area contributed by atoms with Gasteiger partial charge in [-0.2, -0.15) is 0 Å². The lowest BCUT2D eigenvalue weighted by molar-refractivity contribution is 0.0993. The summed E-state index contributed by atoms with van der Waals surface area (Å²) in [5.41, 5.74) is 3.85. The molecule has 0 bridgehead atoms. The van der Waals surface area contributed by atoms with Crippen molar-refractivity contribution in [1.82, 2.24) is 24.8 Å². The predicted molar refractivity (Wildman–Crippen MR) is 101 cm³/mol. The van der Waals surface area contributed by atoms with Gasteiger partial charge in [0.25, 0.3) is 0 Å². The van der Waals surface area contributed by atoms with Crippen LogP contribution in [-0.4, -0.2) is 35.8 Å². The molecule has 0 radical (unpaired) electrons. The number of rotatable bonds is 6. The van der Waals surface area contributed by atoms with E-state index in [9.17, 15) is 4.79 Å². The summed E-state index contributed by atoms with van der Waals surface area (Å²) in [5, 5.41) is 12.4. The smallest absolute Gasteiger partial charge is 0.210 e. The quantitative estimate of drug-likeness (QED) is 0.490. The summed E-state index contributed by atoms with van der Waals surface area (Å²) >= 11 is 1.44. The summed E-state index contributed by atoms with van der Waals surface area (Å²) < 4.78 is 3.97. The van der Waals surface area contributed by atoms with Crippen LogP contribution in [0.15, 0.2) is 41.6 Å². The Balaban J connectivity index is 1.59. The number of para-hydroxylation sites is 1. The molecule has 26 heavy (non-hydrogen) atoms. The molecule has 1 unspecified atom stereocenters. The number of carbonyl (C=O) groups excluding carboxylic acids is 1. The number of hydrogen-bond acceptors (Lipinski definition) is 5. The van der Waals surface area contributed by atoms with Crippen molar-refractivity contribution in [3.05, 3.63) is 53.3 Å². The van der Waals surface area contributed by atoms with Gasteiger partial charge < -0.3 is 4.57 Å². The van der Waals surface area contributed by atoms with Gasteiger partial charge in [0.2, 0.25) is 5.16 Å². The number of ketones is 1. The fourth-order valence-electron chi connectivity index (χ4n) is 3.23. The molecule has 6 nitrogen and oxygen atoms in total. The summed E-state index contributed by atoms with van der Waals surface area (Å²) in [5.74, 6) is 0.107. The van der Waals surface area contributed by atoms with E-state index in [2.05, 4.69) is 32.2 Å². The third-order valence-corrected chi connectivity index (χ3v) is 5.76. The summed E-state index contributed by atoms with van der Waals surface area (Å²) in [6.07, 6.45) is 2.22. The second kappa shape index (κ2) is 6.72. The van der Waals surface area contributed by atoms with Crippen LogP contribution in [0.25, 0.3) is 5.69 Å². The largest absolute Gasteiger partial charge is 0.318 e. The highest BCUT2D eigenvalue weighted by atomic mass is 32.2. The van der Waals surface area contributed by atoms with E-state index in [-0.39, 0.29) is 11.0 Å². The molecule has 1 aliphatic rings. The Bertz CT molecular complexity index is 942. The van der Waals surface area contributed by atoms with Crippen LogP contribution in [0, 0.1) is 13.8 Å². The van der Waals surface area contributed by atoms with Crippen LogP contribution in [-0.2, 0) is 0 Å². The van der Waals surface area contributed by atoms with Crippen LogP contribution in [0.4, 0.5) is 0 Å². The molecule has 0 saturated heterocycles. The number of benzene rings is 1. The molecular weight excluding hydrogens is 346 g/mol. The lowest BCUT2D eigenvalue weighted by Crippen LogP contribution is -2.15. The number of aromatic nitrogens is 5. The van der Waals surface area contributed by atoms with Crippen LogP contribution >= 0.6 is 11.8 Å². The highest BCUT2D eigenvalue weighted by molar-refractivity contribution is 8.00. The van der Waals surface area contributed by atoms with Gasteiger partial charge in [-0.3, -0.25) is 4.79 Å². The maximum atomic E-state index is 13.1. The van der Waals surface area contributed by atoms with E-state index in [0.29, 0.717) is 6.04 Å². The molecule has 1 aromatic carbocycles. The molecule has 0 amide bonds. The molecule has 2 heterocycles. The summed E-state index contributed by atoms with van der Waals surface area (Å²) in [7, 11) is 0. The van der Waals surface area contributed by atoms with Gasteiger partial charge in [0.1, 0.15) is 0 Å².